The minimum Gasteiger partial charge on any atom is -0.204 e. The molecule has 0 nitrogen and oxygen atoms in total. The van der Waals surface area contributed by atoms with Crippen molar-refractivity contribution in [3.8, 4) is 0 Å². The molecule has 0 saturated heterocycles. The van der Waals surface area contributed by atoms with E-state index >= 15 is 0 Å². The minimum absolute atomic E-state index is 0.434. The van der Waals surface area contributed by atoms with E-state index in [1.165, 1.54) is 0 Å². The summed E-state index contributed by atoms with van der Waals surface area (Å²) in [6.45, 7) is 0.756. The van der Waals surface area contributed by atoms with Gasteiger partial charge in [-0.3, -0.25) is 0 Å². The summed E-state index contributed by atoms with van der Waals surface area (Å²) in [5, 5.41) is -1.37. The highest BCUT2D eigenvalue weighted by atomic mass is 31.1. The van der Waals surface area contributed by atoms with Gasteiger partial charge in [0.05, 0.1) is 0 Å². The van der Waals surface area contributed by atoms with Gasteiger partial charge in [-0.15, -0.1) is 0 Å². The van der Waals surface area contributed by atoms with E-state index in [-0.39, 0.29) is 0 Å². The van der Waals surface area contributed by atoms with Crippen LogP contribution in [0.5, 0.6) is 0 Å². The summed E-state index contributed by atoms with van der Waals surface area (Å²) in [5.41, 5.74) is -5.95. The summed E-state index contributed by atoms with van der Waals surface area (Å²) < 4.78 is 143. The molecule has 0 aliphatic heterocycles. The molecule has 0 aliphatic rings. The Hall–Kier alpha value is -1.12. The van der Waals surface area contributed by atoms with Crippen molar-refractivity contribution in [1.82, 2.24) is 0 Å². The monoisotopic (exact) mass is 392 g/mol. The molecule has 0 saturated carbocycles. The number of alkyl halides is 9. The lowest BCUT2D eigenvalue weighted by atomic mass is 10.1. The van der Waals surface area contributed by atoms with Gasteiger partial charge in [-0.25, -0.2) is 8.78 Å². The maximum absolute atomic E-state index is 13.9. The van der Waals surface area contributed by atoms with Crippen molar-refractivity contribution in [1.29, 1.82) is 0 Å². The van der Waals surface area contributed by atoms with Gasteiger partial charge in [0.1, 0.15) is 0 Å². The topological polar surface area (TPSA) is 0 Å². The fourth-order valence-electron chi connectivity index (χ4n) is 1.76. The smallest absolute Gasteiger partial charge is 0.204 e. The van der Waals surface area contributed by atoms with E-state index in [1.54, 1.807) is 0 Å². The molecule has 24 heavy (non-hydrogen) atoms. The molecule has 1 rings (SSSR count). The maximum Gasteiger partial charge on any atom is 0.460 e. The summed E-state index contributed by atoms with van der Waals surface area (Å²) >= 11 is 0. The molecular weight excluding hydrogens is 384 g/mol. The van der Waals surface area contributed by atoms with Crippen LogP contribution < -0.4 is 5.30 Å². The van der Waals surface area contributed by atoms with Gasteiger partial charge >= 0.3 is 23.7 Å². The Morgan fingerprint density at radius 3 is 1.75 bits per heavy atom. The van der Waals surface area contributed by atoms with Crippen LogP contribution in [0, 0.1) is 11.6 Å². The average Bonchev–Trinajstić information content (AvgIpc) is 2.42. The van der Waals surface area contributed by atoms with Crippen molar-refractivity contribution >= 4 is 13.2 Å². The molecule has 0 N–H and O–H groups in total. The summed E-state index contributed by atoms with van der Waals surface area (Å²) in [7, 11) is -3.91. The summed E-state index contributed by atoms with van der Waals surface area (Å²) in [6.07, 6.45) is -8.05. The molecule has 0 bridgehead atoms. The molecule has 1 aromatic carbocycles. The Balaban J connectivity index is 3.51. The van der Waals surface area contributed by atoms with Gasteiger partial charge in [-0.1, -0.05) is 19.1 Å². The molecule has 0 fully saturated rings. The highest BCUT2D eigenvalue weighted by molar-refractivity contribution is 7.66. The van der Waals surface area contributed by atoms with Crippen LogP contribution in [0.1, 0.15) is 6.92 Å². The van der Waals surface area contributed by atoms with Crippen molar-refractivity contribution in [3.63, 3.8) is 0 Å². The Morgan fingerprint density at radius 2 is 1.33 bits per heavy atom. The molecule has 1 unspecified atom stereocenters. The van der Waals surface area contributed by atoms with E-state index in [0.717, 1.165) is 6.92 Å². The second-order valence-electron chi connectivity index (χ2n) is 4.50. The van der Waals surface area contributed by atoms with Crippen LogP contribution in [0.15, 0.2) is 18.2 Å². The van der Waals surface area contributed by atoms with Crippen molar-refractivity contribution in [2.45, 2.75) is 30.6 Å². The Morgan fingerprint density at radius 1 is 0.833 bits per heavy atom. The first-order valence-corrected chi connectivity index (χ1v) is 7.57. The fourth-order valence-corrected chi connectivity index (χ4v) is 3.89. The third-order valence-corrected chi connectivity index (χ3v) is 5.52. The van der Waals surface area contributed by atoms with Gasteiger partial charge in [0.15, 0.2) is 11.6 Å². The normalized spacial score (nSPS) is 15.5. The van der Waals surface area contributed by atoms with Gasteiger partial charge in [-0.2, -0.15) is 39.5 Å². The molecule has 0 radical (unpaired) electrons. The molecule has 0 spiro atoms. The first-order valence-electron chi connectivity index (χ1n) is 6.04. The molecule has 138 valence electrons. The van der Waals surface area contributed by atoms with Crippen LogP contribution in [0.2, 0.25) is 0 Å². The Kier molecular flexibility index (Phi) is 5.50. The average molecular weight is 392 g/mol. The zero-order chi connectivity index (χ0) is 19.1. The standard InChI is InChI=1S/C12H8F11P/c1-2-24(7-5-3-4-6(13)8(7)14)12(22,23)10(17,18)9(15,16)11(19,20)21/h3-5H,2H2,1H3. The van der Waals surface area contributed by atoms with Crippen molar-refractivity contribution < 1.29 is 48.3 Å². The molecule has 12 heteroatoms. The van der Waals surface area contributed by atoms with Gasteiger partial charge in [0.2, 0.25) is 0 Å². The van der Waals surface area contributed by atoms with E-state index in [0.29, 0.717) is 18.2 Å². The number of halogens is 11. The summed E-state index contributed by atoms with van der Waals surface area (Å²) in [6, 6.07) is 1.53. The van der Waals surface area contributed by atoms with Crippen LogP contribution in [-0.2, 0) is 0 Å². The van der Waals surface area contributed by atoms with Crippen LogP contribution in [0.4, 0.5) is 48.3 Å². The molecule has 1 aromatic rings. The number of hydrogen-bond acceptors (Lipinski definition) is 0. The summed E-state index contributed by atoms with van der Waals surface area (Å²) in [4.78, 5) is 0. The van der Waals surface area contributed by atoms with Crippen molar-refractivity contribution in [3.05, 3.63) is 29.8 Å². The van der Waals surface area contributed by atoms with E-state index in [1.807, 2.05) is 0 Å². The fraction of sp³-hybridized carbons (Fsp3) is 0.500. The van der Waals surface area contributed by atoms with Gasteiger partial charge < -0.3 is 0 Å². The lowest BCUT2D eigenvalue weighted by Gasteiger charge is -2.37. The van der Waals surface area contributed by atoms with Crippen LogP contribution in [0.25, 0.3) is 0 Å². The van der Waals surface area contributed by atoms with Crippen LogP contribution in [0.3, 0.4) is 0 Å². The number of hydrogen-bond donors (Lipinski definition) is 0. The first-order chi connectivity index (χ1) is 10.6. The Labute approximate surface area is 129 Å². The SMILES string of the molecule is CCP(c1cccc(F)c1F)C(F)(F)C(F)(F)C(F)(F)C(F)(F)F. The Bertz CT molecular complexity index is 593. The number of rotatable bonds is 5. The molecule has 1 atom stereocenters. The van der Waals surface area contributed by atoms with Crippen molar-refractivity contribution in [2.75, 3.05) is 6.16 Å². The highest BCUT2D eigenvalue weighted by Gasteiger charge is 2.83. The summed E-state index contributed by atoms with van der Waals surface area (Å²) in [5.74, 6) is -17.7. The van der Waals surface area contributed by atoms with E-state index in [4.69, 9.17) is 0 Å². The largest absolute Gasteiger partial charge is 0.460 e. The minimum atomic E-state index is -7.07. The predicted molar refractivity (Wildman–Crippen MR) is 64.3 cm³/mol. The second-order valence-corrected chi connectivity index (χ2v) is 7.04. The van der Waals surface area contributed by atoms with Crippen LogP contribution >= 0.6 is 7.92 Å². The predicted octanol–water partition coefficient (Wildman–Crippen LogP) is 5.52. The molecular formula is C12H8F11P. The zero-order valence-corrected chi connectivity index (χ0v) is 12.4. The van der Waals surface area contributed by atoms with Crippen molar-refractivity contribution in [2.24, 2.45) is 0 Å². The quantitative estimate of drug-likeness (QED) is 0.458. The third-order valence-electron chi connectivity index (χ3n) is 3.01. The van der Waals surface area contributed by atoms with E-state index in [9.17, 15) is 48.3 Å². The zero-order valence-electron chi connectivity index (χ0n) is 11.5. The second kappa shape index (κ2) is 6.31. The van der Waals surface area contributed by atoms with Gasteiger partial charge in [0, 0.05) is 13.2 Å². The lowest BCUT2D eigenvalue weighted by molar-refractivity contribution is -0.382. The molecule has 0 aromatic heterocycles. The maximum atomic E-state index is 13.9. The number of benzene rings is 1. The van der Waals surface area contributed by atoms with Gasteiger partial charge in [0.25, 0.3) is 0 Å². The first kappa shape index (κ1) is 20.9. The molecule has 0 heterocycles. The molecule has 0 aliphatic carbocycles. The van der Waals surface area contributed by atoms with E-state index < -0.39 is 54.7 Å². The third kappa shape index (κ3) is 3.07. The van der Waals surface area contributed by atoms with E-state index in [2.05, 4.69) is 0 Å². The van der Waals surface area contributed by atoms with Crippen LogP contribution in [-0.4, -0.2) is 29.8 Å². The lowest BCUT2D eigenvalue weighted by Crippen LogP contribution is -2.60. The van der Waals surface area contributed by atoms with Gasteiger partial charge in [-0.05, 0) is 12.2 Å². The molecule has 0 amide bonds. The highest BCUT2D eigenvalue weighted by Crippen LogP contribution is 2.64.